The number of hydrogen-bond acceptors (Lipinski definition) is 2. The van der Waals surface area contributed by atoms with E-state index in [1.165, 1.54) is 0 Å². The second-order valence-electron chi connectivity index (χ2n) is 5.39. The second kappa shape index (κ2) is 6.93. The molecule has 0 spiro atoms. The highest BCUT2D eigenvalue weighted by Gasteiger charge is 2.21. The van der Waals surface area contributed by atoms with Crippen LogP contribution in [0.15, 0.2) is 18.2 Å². The van der Waals surface area contributed by atoms with Gasteiger partial charge in [0.1, 0.15) is 6.04 Å². The SMILES string of the molecule is Cc1cccc(C)c1NC(=O)N[C@@H](CC(C)C)C(=O)O. The third-order valence-corrected chi connectivity index (χ3v) is 3.03. The van der Waals surface area contributed by atoms with E-state index in [0.29, 0.717) is 6.42 Å². The van der Waals surface area contributed by atoms with Gasteiger partial charge in [-0.05, 0) is 37.3 Å². The molecule has 0 fully saturated rings. The molecule has 0 aliphatic rings. The number of benzene rings is 1. The number of aliphatic carboxylic acids is 1. The molecule has 0 aliphatic heterocycles. The molecule has 0 bridgehead atoms. The Morgan fingerprint density at radius 2 is 1.75 bits per heavy atom. The maximum Gasteiger partial charge on any atom is 0.326 e. The number of carbonyl (C=O) groups excluding carboxylic acids is 1. The molecule has 0 aliphatic carbocycles. The van der Waals surface area contributed by atoms with Crippen molar-refractivity contribution < 1.29 is 14.7 Å². The molecule has 1 aromatic carbocycles. The Morgan fingerprint density at radius 1 is 1.20 bits per heavy atom. The summed E-state index contributed by atoms with van der Waals surface area (Å²) in [7, 11) is 0. The molecule has 1 aromatic rings. The fraction of sp³-hybridized carbons (Fsp3) is 0.467. The van der Waals surface area contributed by atoms with Gasteiger partial charge in [0.05, 0.1) is 0 Å². The van der Waals surface area contributed by atoms with Gasteiger partial charge in [-0.25, -0.2) is 9.59 Å². The Balaban J connectivity index is 2.73. The summed E-state index contributed by atoms with van der Waals surface area (Å²) in [5.41, 5.74) is 2.60. The molecule has 2 amide bonds. The summed E-state index contributed by atoms with van der Waals surface area (Å²) in [5.74, 6) is -0.827. The summed E-state index contributed by atoms with van der Waals surface area (Å²) in [6.45, 7) is 7.62. The zero-order chi connectivity index (χ0) is 15.3. The lowest BCUT2D eigenvalue weighted by atomic mass is 10.0. The Morgan fingerprint density at radius 3 is 2.20 bits per heavy atom. The van der Waals surface area contributed by atoms with E-state index in [1.807, 2.05) is 45.9 Å². The van der Waals surface area contributed by atoms with Gasteiger partial charge in [0.25, 0.3) is 0 Å². The van der Waals surface area contributed by atoms with Crippen LogP contribution < -0.4 is 10.6 Å². The highest BCUT2D eigenvalue weighted by atomic mass is 16.4. The van der Waals surface area contributed by atoms with E-state index in [0.717, 1.165) is 16.8 Å². The normalized spacial score (nSPS) is 12.1. The molecular weight excluding hydrogens is 256 g/mol. The zero-order valence-electron chi connectivity index (χ0n) is 12.4. The monoisotopic (exact) mass is 278 g/mol. The molecule has 1 atom stereocenters. The lowest BCUT2D eigenvalue weighted by Gasteiger charge is -2.18. The molecule has 0 saturated carbocycles. The number of carbonyl (C=O) groups is 2. The number of hydrogen-bond donors (Lipinski definition) is 3. The molecule has 110 valence electrons. The summed E-state index contributed by atoms with van der Waals surface area (Å²) in [4.78, 5) is 23.0. The van der Waals surface area contributed by atoms with Gasteiger partial charge in [0.15, 0.2) is 0 Å². The van der Waals surface area contributed by atoms with Gasteiger partial charge in [0, 0.05) is 5.69 Å². The number of carboxylic acid groups (broad SMARTS) is 1. The molecule has 3 N–H and O–H groups in total. The summed E-state index contributed by atoms with van der Waals surface area (Å²) in [6, 6.07) is 4.33. The van der Waals surface area contributed by atoms with Gasteiger partial charge in [-0.15, -0.1) is 0 Å². The van der Waals surface area contributed by atoms with E-state index >= 15 is 0 Å². The van der Waals surface area contributed by atoms with Crippen molar-refractivity contribution in [3.63, 3.8) is 0 Å². The first-order valence-electron chi connectivity index (χ1n) is 6.67. The van der Waals surface area contributed by atoms with Gasteiger partial charge < -0.3 is 15.7 Å². The van der Waals surface area contributed by atoms with Crippen molar-refractivity contribution in [1.82, 2.24) is 5.32 Å². The van der Waals surface area contributed by atoms with Crippen LogP contribution in [0, 0.1) is 19.8 Å². The van der Waals surface area contributed by atoms with Crippen LogP contribution in [0.5, 0.6) is 0 Å². The van der Waals surface area contributed by atoms with Crippen LogP contribution in [0.4, 0.5) is 10.5 Å². The molecule has 1 rings (SSSR count). The van der Waals surface area contributed by atoms with Crippen LogP contribution >= 0.6 is 0 Å². The Hall–Kier alpha value is -2.04. The van der Waals surface area contributed by atoms with Crippen molar-refractivity contribution in [3.05, 3.63) is 29.3 Å². The first-order valence-corrected chi connectivity index (χ1v) is 6.67. The minimum Gasteiger partial charge on any atom is -0.480 e. The minimum absolute atomic E-state index is 0.191. The zero-order valence-corrected chi connectivity index (χ0v) is 12.4. The summed E-state index contributed by atoms with van der Waals surface area (Å²) < 4.78 is 0. The van der Waals surface area contributed by atoms with Crippen LogP contribution in [0.2, 0.25) is 0 Å². The predicted molar refractivity (Wildman–Crippen MR) is 78.9 cm³/mol. The van der Waals surface area contributed by atoms with Gasteiger partial charge in [-0.2, -0.15) is 0 Å². The van der Waals surface area contributed by atoms with Gasteiger partial charge in [0.2, 0.25) is 0 Å². The van der Waals surface area contributed by atoms with E-state index in [9.17, 15) is 9.59 Å². The summed E-state index contributed by atoms with van der Waals surface area (Å²) in [5, 5.41) is 14.3. The molecule has 0 heterocycles. The fourth-order valence-corrected chi connectivity index (χ4v) is 2.01. The average Bonchev–Trinajstić information content (AvgIpc) is 2.32. The summed E-state index contributed by atoms with van der Waals surface area (Å²) in [6.07, 6.45) is 0.398. The van der Waals surface area contributed by atoms with E-state index in [-0.39, 0.29) is 5.92 Å². The Labute approximate surface area is 119 Å². The number of para-hydroxylation sites is 1. The van der Waals surface area contributed by atoms with Crippen molar-refractivity contribution in [2.75, 3.05) is 5.32 Å². The average molecular weight is 278 g/mol. The molecule has 20 heavy (non-hydrogen) atoms. The molecule has 0 saturated heterocycles. The quantitative estimate of drug-likeness (QED) is 0.775. The second-order valence-corrected chi connectivity index (χ2v) is 5.39. The van der Waals surface area contributed by atoms with E-state index in [1.54, 1.807) is 0 Å². The van der Waals surface area contributed by atoms with Crippen molar-refractivity contribution in [3.8, 4) is 0 Å². The number of amides is 2. The molecule has 5 nitrogen and oxygen atoms in total. The van der Waals surface area contributed by atoms with E-state index < -0.39 is 18.0 Å². The third kappa shape index (κ3) is 4.57. The molecule has 5 heteroatoms. The lowest BCUT2D eigenvalue weighted by Crippen LogP contribution is -2.43. The number of urea groups is 1. The van der Waals surface area contributed by atoms with Crippen LogP contribution in [-0.4, -0.2) is 23.1 Å². The van der Waals surface area contributed by atoms with Crippen LogP contribution in [0.25, 0.3) is 0 Å². The van der Waals surface area contributed by atoms with Crippen LogP contribution in [0.3, 0.4) is 0 Å². The predicted octanol–water partition coefficient (Wildman–Crippen LogP) is 2.92. The number of rotatable bonds is 5. The van der Waals surface area contributed by atoms with Crippen molar-refractivity contribution in [2.24, 2.45) is 5.92 Å². The highest BCUT2D eigenvalue weighted by molar-refractivity contribution is 5.93. The van der Waals surface area contributed by atoms with Crippen molar-refractivity contribution in [2.45, 2.75) is 40.2 Å². The van der Waals surface area contributed by atoms with Gasteiger partial charge in [-0.3, -0.25) is 0 Å². The first-order chi connectivity index (χ1) is 9.31. The van der Waals surface area contributed by atoms with E-state index in [2.05, 4.69) is 10.6 Å². The maximum atomic E-state index is 11.9. The van der Waals surface area contributed by atoms with Crippen LogP contribution in [-0.2, 0) is 4.79 Å². The summed E-state index contributed by atoms with van der Waals surface area (Å²) >= 11 is 0. The van der Waals surface area contributed by atoms with Gasteiger partial charge in [-0.1, -0.05) is 32.0 Å². The van der Waals surface area contributed by atoms with E-state index in [4.69, 9.17) is 5.11 Å². The fourth-order valence-electron chi connectivity index (χ4n) is 2.01. The Kier molecular flexibility index (Phi) is 5.55. The van der Waals surface area contributed by atoms with Gasteiger partial charge >= 0.3 is 12.0 Å². The minimum atomic E-state index is -1.02. The molecule has 0 aromatic heterocycles. The molecule has 0 unspecified atom stereocenters. The third-order valence-electron chi connectivity index (χ3n) is 3.03. The van der Waals surface area contributed by atoms with Crippen molar-refractivity contribution >= 4 is 17.7 Å². The first kappa shape index (κ1) is 16.0. The highest BCUT2D eigenvalue weighted by Crippen LogP contribution is 2.19. The number of anilines is 1. The standard InChI is InChI=1S/C15H22N2O3/c1-9(2)8-12(14(18)19)16-15(20)17-13-10(3)6-5-7-11(13)4/h5-7,9,12H,8H2,1-4H3,(H,18,19)(H2,16,17,20)/t12-/m0/s1. The number of aryl methyl sites for hydroxylation is 2. The molecular formula is C15H22N2O3. The smallest absolute Gasteiger partial charge is 0.326 e. The number of nitrogens with one attached hydrogen (secondary N) is 2. The largest absolute Gasteiger partial charge is 0.480 e. The lowest BCUT2D eigenvalue weighted by molar-refractivity contribution is -0.139. The Bertz CT molecular complexity index is 478. The van der Waals surface area contributed by atoms with Crippen LogP contribution in [0.1, 0.15) is 31.4 Å². The number of carboxylic acids is 1. The molecule has 0 radical (unpaired) electrons. The maximum absolute atomic E-state index is 11.9. The van der Waals surface area contributed by atoms with Crippen molar-refractivity contribution in [1.29, 1.82) is 0 Å². The topological polar surface area (TPSA) is 78.4 Å².